The van der Waals surface area contributed by atoms with Gasteiger partial charge < -0.3 is 25.4 Å². The molecular weight excluding hydrogens is 404 g/mol. The van der Waals surface area contributed by atoms with Crippen LogP contribution in [0.2, 0.25) is 0 Å². The number of aliphatic hydroxyl groups is 3. The number of imidazole rings is 1. The van der Waals surface area contributed by atoms with E-state index in [9.17, 15) is 15.3 Å². The summed E-state index contributed by atoms with van der Waals surface area (Å²) in [6.45, 7) is -0.426. The lowest BCUT2D eigenvalue weighted by Gasteiger charge is -2.16. The molecule has 12 nitrogen and oxygen atoms in total. The lowest BCUT2D eigenvalue weighted by molar-refractivity contribution is -0.0511. The average Bonchev–Trinajstić information content (AvgIpc) is 3.52. The molecule has 0 aliphatic carbocycles. The van der Waals surface area contributed by atoms with E-state index in [0.29, 0.717) is 22.7 Å². The predicted octanol–water partition coefficient (Wildman–Crippen LogP) is -0.273. The van der Waals surface area contributed by atoms with Crippen molar-refractivity contribution in [2.75, 3.05) is 19.0 Å². The number of nitrogens with one attached hydrogen (secondary N) is 1. The molecule has 0 bridgehead atoms. The molecule has 1 aliphatic rings. The molecule has 4 aromatic rings. The first-order valence-corrected chi connectivity index (χ1v) is 9.63. The van der Waals surface area contributed by atoms with Crippen LogP contribution in [0.25, 0.3) is 28.4 Å². The maximum Gasteiger partial charge on any atom is 0.256 e. The number of hydrogen-bond donors (Lipinski definition) is 4. The predicted molar refractivity (Wildman–Crippen MR) is 108 cm³/mol. The van der Waals surface area contributed by atoms with Crippen molar-refractivity contribution in [1.82, 2.24) is 34.5 Å². The van der Waals surface area contributed by atoms with Crippen molar-refractivity contribution >= 4 is 17.0 Å². The van der Waals surface area contributed by atoms with Gasteiger partial charge in [0.15, 0.2) is 23.2 Å². The third kappa shape index (κ3) is 3.21. The van der Waals surface area contributed by atoms with Crippen molar-refractivity contribution in [3.05, 3.63) is 42.9 Å². The molecule has 0 amide bonds. The summed E-state index contributed by atoms with van der Waals surface area (Å²) in [5.41, 5.74) is 2.38. The zero-order valence-corrected chi connectivity index (χ0v) is 16.4. The number of anilines is 1. The van der Waals surface area contributed by atoms with Crippen molar-refractivity contribution < 1.29 is 20.1 Å². The highest BCUT2D eigenvalue weighted by Crippen LogP contribution is 2.32. The fourth-order valence-corrected chi connectivity index (χ4v) is 3.58. The molecular formula is C19H20N8O4. The number of rotatable bonds is 5. The summed E-state index contributed by atoms with van der Waals surface area (Å²) in [5.74, 6) is 0.683. The summed E-state index contributed by atoms with van der Waals surface area (Å²) >= 11 is 0. The number of benzene rings is 1. The highest BCUT2D eigenvalue weighted by molar-refractivity contribution is 5.83. The van der Waals surface area contributed by atoms with E-state index >= 15 is 0 Å². The Labute approximate surface area is 175 Å². The van der Waals surface area contributed by atoms with E-state index in [-0.39, 0.29) is 5.95 Å². The largest absolute Gasteiger partial charge is 0.394 e. The van der Waals surface area contributed by atoms with Gasteiger partial charge in [0.25, 0.3) is 5.95 Å². The fourth-order valence-electron chi connectivity index (χ4n) is 3.58. The van der Waals surface area contributed by atoms with Crippen molar-refractivity contribution in [1.29, 1.82) is 0 Å². The summed E-state index contributed by atoms with van der Waals surface area (Å²) in [5, 5.41) is 41.2. The van der Waals surface area contributed by atoms with Crippen molar-refractivity contribution in [3.8, 4) is 17.2 Å². The van der Waals surface area contributed by atoms with Gasteiger partial charge >= 0.3 is 0 Å². The number of fused-ring (bicyclic) bond motifs is 1. The third-order valence-electron chi connectivity index (χ3n) is 5.21. The Balaban J connectivity index is 1.58. The number of hydrogen-bond acceptors (Lipinski definition) is 10. The Bertz CT molecular complexity index is 1210. The molecule has 3 aromatic heterocycles. The molecule has 0 radical (unpaired) electrons. The fraction of sp³-hybridized carbons (Fsp3) is 0.316. The second kappa shape index (κ2) is 7.67. The van der Waals surface area contributed by atoms with Crippen LogP contribution in [0.1, 0.15) is 6.23 Å². The summed E-state index contributed by atoms with van der Waals surface area (Å²) in [4.78, 5) is 13.3. The molecule has 0 spiro atoms. The van der Waals surface area contributed by atoms with Gasteiger partial charge in [0.05, 0.1) is 19.1 Å². The lowest BCUT2D eigenvalue weighted by Crippen LogP contribution is -2.33. The number of ether oxygens (including phenoxy) is 1. The highest BCUT2D eigenvalue weighted by atomic mass is 16.6. The van der Waals surface area contributed by atoms with Crippen LogP contribution < -0.4 is 5.32 Å². The molecule has 1 aliphatic heterocycles. The molecule has 0 saturated carbocycles. The summed E-state index contributed by atoms with van der Waals surface area (Å²) in [6.07, 6.45) is -1.22. The Morgan fingerprint density at radius 1 is 1.13 bits per heavy atom. The summed E-state index contributed by atoms with van der Waals surface area (Å²) in [7, 11) is 1.70. The van der Waals surface area contributed by atoms with E-state index in [0.717, 1.165) is 5.56 Å². The van der Waals surface area contributed by atoms with Gasteiger partial charge in [-0.2, -0.15) is 14.6 Å². The van der Waals surface area contributed by atoms with Gasteiger partial charge in [-0.3, -0.25) is 4.57 Å². The van der Waals surface area contributed by atoms with E-state index in [1.54, 1.807) is 13.2 Å². The van der Waals surface area contributed by atoms with E-state index < -0.39 is 31.1 Å². The standard InChI is InChI=1S/C19H20N8O4/c1-20-16-13-17(26(9-21-13)18-15(30)14(29)12(8-28)31-18)23-19(22-16)27-7-11(24-25-27)10-5-3-2-4-6-10/h2-7,9,12,14-15,18,28-30H,8H2,1H3,(H,20,22,23). The van der Waals surface area contributed by atoms with Gasteiger partial charge in [-0.25, -0.2) is 4.98 Å². The molecule has 5 rings (SSSR count). The molecule has 31 heavy (non-hydrogen) atoms. The molecule has 4 unspecified atom stereocenters. The van der Waals surface area contributed by atoms with Gasteiger partial charge in [0, 0.05) is 12.6 Å². The second-order valence-corrected chi connectivity index (χ2v) is 7.09. The Kier molecular flexibility index (Phi) is 4.82. The topological polar surface area (TPSA) is 156 Å². The zero-order valence-electron chi connectivity index (χ0n) is 16.4. The molecule has 4 N–H and O–H groups in total. The molecule has 1 saturated heterocycles. The number of aliphatic hydroxyl groups excluding tert-OH is 3. The van der Waals surface area contributed by atoms with Crippen molar-refractivity contribution in [3.63, 3.8) is 0 Å². The van der Waals surface area contributed by atoms with Gasteiger partial charge in [0.2, 0.25) is 0 Å². The van der Waals surface area contributed by atoms with E-state index in [4.69, 9.17) is 4.74 Å². The smallest absolute Gasteiger partial charge is 0.256 e. The second-order valence-electron chi connectivity index (χ2n) is 7.09. The molecule has 1 fully saturated rings. The van der Waals surface area contributed by atoms with Crippen LogP contribution in [0.5, 0.6) is 0 Å². The van der Waals surface area contributed by atoms with Crippen LogP contribution in [-0.2, 0) is 4.74 Å². The normalized spacial score (nSPS) is 23.5. The molecule has 4 heterocycles. The summed E-state index contributed by atoms with van der Waals surface area (Å²) in [6, 6.07) is 9.59. The SMILES string of the molecule is CNc1nc(-n2cc(-c3ccccc3)nn2)nc2c1ncn2C1OC(CO)C(O)C1O. The minimum absolute atomic E-state index is 0.236. The molecule has 160 valence electrons. The van der Waals surface area contributed by atoms with E-state index in [1.165, 1.54) is 15.6 Å². The number of nitrogens with zero attached hydrogens (tertiary/aromatic N) is 7. The monoisotopic (exact) mass is 424 g/mol. The maximum atomic E-state index is 10.4. The Morgan fingerprint density at radius 3 is 2.65 bits per heavy atom. The third-order valence-corrected chi connectivity index (χ3v) is 5.21. The zero-order chi connectivity index (χ0) is 21.5. The first-order chi connectivity index (χ1) is 15.1. The van der Waals surface area contributed by atoms with Crippen LogP contribution in [0.15, 0.2) is 42.9 Å². The maximum absolute atomic E-state index is 10.4. The minimum Gasteiger partial charge on any atom is -0.394 e. The van der Waals surface area contributed by atoms with Gasteiger partial charge in [-0.1, -0.05) is 35.5 Å². The highest BCUT2D eigenvalue weighted by Gasteiger charge is 2.44. The van der Waals surface area contributed by atoms with Gasteiger partial charge in [-0.15, -0.1) is 5.10 Å². The van der Waals surface area contributed by atoms with Crippen LogP contribution in [0.4, 0.5) is 5.82 Å². The molecule has 12 heteroatoms. The van der Waals surface area contributed by atoms with Crippen LogP contribution in [-0.4, -0.2) is 81.8 Å². The lowest BCUT2D eigenvalue weighted by atomic mass is 10.1. The number of aromatic nitrogens is 7. The van der Waals surface area contributed by atoms with Gasteiger partial charge in [-0.05, 0) is 0 Å². The van der Waals surface area contributed by atoms with E-state index in [2.05, 4.69) is 30.6 Å². The van der Waals surface area contributed by atoms with Crippen molar-refractivity contribution in [2.45, 2.75) is 24.5 Å². The minimum atomic E-state index is -1.26. The molecule has 1 aromatic carbocycles. The summed E-state index contributed by atoms with van der Waals surface area (Å²) < 4.78 is 8.57. The van der Waals surface area contributed by atoms with Crippen molar-refractivity contribution in [2.24, 2.45) is 0 Å². The van der Waals surface area contributed by atoms with Crippen LogP contribution in [0, 0.1) is 0 Å². The first kappa shape index (κ1) is 19.5. The molecule has 4 atom stereocenters. The Hall–Kier alpha value is -3.45. The van der Waals surface area contributed by atoms with E-state index in [1.807, 2.05) is 30.3 Å². The quantitative estimate of drug-likeness (QED) is 0.336. The van der Waals surface area contributed by atoms with Gasteiger partial charge in [0.1, 0.15) is 24.0 Å². The van der Waals surface area contributed by atoms with Crippen LogP contribution >= 0.6 is 0 Å². The average molecular weight is 424 g/mol. The first-order valence-electron chi connectivity index (χ1n) is 9.63. The van der Waals surface area contributed by atoms with Crippen LogP contribution in [0.3, 0.4) is 0 Å². The Morgan fingerprint density at radius 2 is 1.94 bits per heavy atom.